The van der Waals surface area contributed by atoms with E-state index < -0.39 is 11.9 Å². The highest BCUT2D eigenvalue weighted by atomic mass is 32.1. The highest BCUT2D eigenvalue weighted by molar-refractivity contribution is 7.17. The first-order chi connectivity index (χ1) is 12.5. The largest absolute Gasteiger partial charge is 0.478 e. The summed E-state index contributed by atoms with van der Waals surface area (Å²) in [7, 11) is 1.46. The number of anilines is 1. The number of carbonyl (C=O) groups is 2. The van der Waals surface area contributed by atoms with Crippen LogP contribution in [0, 0.1) is 6.92 Å². The Balaban J connectivity index is 1.99. The number of pyridine rings is 1. The molecule has 1 aromatic carbocycles. The van der Waals surface area contributed by atoms with Gasteiger partial charge in [-0.05, 0) is 47.6 Å². The number of carbonyl (C=O) groups excluding carboxylic acids is 1. The van der Waals surface area contributed by atoms with Gasteiger partial charge in [0.1, 0.15) is 0 Å². The lowest BCUT2D eigenvalue weighted by Gasteiger charge is -2.10. The number of benzene rings is 1. The molecule has 3 aromatic rings. The van der Waals surface area contributed by atoms with Gasteiger partial charge in [-0.3, -0.25) is 15.1 Å². The highest BCUT2D eigenvalue weighted by Crippen LogP contribution is 2.27. The van der Waals surface area contributed by atoms with Crippen molar-refractivity contribution in [1.82, 2.24) is 15.2 Å². The van der Waals surface area contributed by atoms with Gasteiger partial charge in [0.25, 0.3) is 11.1 Å². The SMILES string of the molecule is COc1nnc(NC(=O)c2cnc(C)cc2-c2cccc(C(=O)O)c2)s1. The zero-order valence-corrected chi connectivity index (χ0v) is 14.7. The van der Waals surface area contributed by atoms with Crippen LogP contribution in [0.1, 0.15) is 26.4 Å². The summed E-state index contributed by atoms with van der Waals surface area (Å²) in [6, 6.07) is 8.11. The van der Waals surface area contributed by atoms with E-state index in [9.17, 15) is 14.7 Å². The maximum atomic E-state index is 12.7. The molecule has 0 aliphatic carbocycles. The van der Waals surface area contributed by atoms with E-state index >= 15 is 0 Å². The number of amides is 1. The van der Waals surface area contributed by atoms with Crippen LogP contribution in [-0.2, 0) is 0 Å². The van der Waals surface area contributed by atoms with E-state index in [1.54, 1.807) is 25.1 Å². The Morgan fingerprint density at radius 2 is 2.04 bits per heavy atom. The van der Waals surface area contributed by atoms with Gasteiger partial charge in [-0.1, -0.05) is 17.2 Å². The van der Waals surface area contributed by atoms with Crippen molar-refractivity contribution in [3.63, 3.8) is 0 Å². The Morgan fingerprint density at radius 3 is 2.73 bits per heavy atom. The van der Waals surface area contributed by atoms with Gasteiger partial charge >= 0.3 is 5.97 Å². The number of nitrogens with zero attached hydrogens (tertiary/aromatic N) is 3. The molecular weight excluding hydrogens is 356 g/mol. The number of aryl methyl sites for hydroxylation is 1. The quantitative estimate of drug-likeness (QED) is 0.709. The number of carboxylic acid groups (broad SMARTS) is 1. The summed E-state index contributed by atoms with van der Waals surface area (Å²) in [6.45, 7) is 1.79. The molecule has 1 amide bonds. The summed E-state index contributed by atoms with van der Waals surface area (Å²) >= 11 is 1.09. The standard InChI is InChI=1S/C17H14N4O4S/c1-9-6-12(10-4-3-5-11(7-10)15(23)24)13(8-18-9)14(22)19-16-20-21-17(25-2)26-16/h3-8H,1-2H3,(H,23,24)(H,19,20,22). The third-order valence-corrected chi connectivity index (χ3v) is 4.31. The second-order valence-corrected chi connectivity index (χ2v) is 6.23. The molecule has 0 atom stereocenters. The van der Waals surface area contributed by atoms with Crippen LogP contribution in [0.25, 0.3) is 11.1 Å². The molecule has 0 saturated heterocycles. The number of methoxy groups -OCH3 is 1. The first-order valence-corrected chi connectivity index (χ1v) is 8.29. The third-order valence-electron chi connectivity index (χ3n) is 3.51. The average molecular weight is 370 g/mol. The molecule has 2 aromatic heterocycles. The second kappa shape index (κ2) is 7.28. The Hall–Kier alpha value is -3.33. The number of hydrogen-bond acceptors (Lipinski definition) is 7. The molecule has 0 unspecified atom stereocenters. The van der Waals surface area contributed by atoms with Crippen molar-refractivity contribution < 1.29 is 19.4 Å². The molecule has 0 bridgehead atoms. The maximum absolute atomic E-state index is 12.7. The summed E-state index contributed by atoms with van der Waals surface area (Å²) < 4.78 is 4.95. The van der Waals surface area contributed by atoms with Gasteiger partial charge in [0, 0.05) is 11.9 Å². The minimum Gasteiger partial charge on any atom is -0.478 e. The lowest BCUT2D eigenvalue weighted by Crippen LogP contribution is -2.14. The van der Waals surface area contributed by atoms with E-state index in [2.05, 4.69) is 20.5 Å². The molecule has 26 heavy (non-hydrogen) atoms. The van der Waals surface area contributed by atoms with Crippen LogP contribution in [0.2, 0.25) is 0 Å². The van der Waals surface area contributed by atoms with E-state index in [0.29, 0.717) is 27.6 Å². The van der Waals surface area contributed by atoms with Crippen molar-refractivity contribution >= 4 is 28.3 Å². The van der Waals surface area contributed by atoms with Gasteiger partial charge in [-0.2, -0.15) is 0 Å². The fourth-order valence-electron chi connectivity index (χ4n) is 2.31. The summed E-state index contributed by atoms with van der Waals surface area (Å²) in [5, 5.41) is 20.0. The van der Waals surface area contributed by atoms with Gasteiger partial charge in [-0.15, -0.1) is 5.10 Å². The van der Waals surface area contributed by atoms with Crippen molar-refractivity contribution in [3.8, 4) is 16.3 Å². The Bertz CT molecular complexity index is 986. The zero-order valence-electron chi connectivity index (χ0n) is 13.9. The zero-order chi connectivity index (χ0) is 18.7. The van der Waals surface area contributed by atoms with Crippen molar-refractivity contribution in [2.75, 3.05) is 12.4 Å². The predicted molar refractivity (Wildman–Crippen MR) is 95.8 cm³/mol. The topological polar surface area (TPSA) is 114 Å². The number of rotatable bonds is 5. The highest BCUT2D eigenvalue weighted by Gasteiger charge is 2.17. The summed E-state index contributed by atoms with van der Waals surface area (Å²) in [6.07, 6.45) is 1.45. The summed E-state index contributed by atoms with van der Waals surface area (Å²) in [4.78, 5) is 28.1. The van der Waals surface area contributed by atoms with Gasteiger partial charge in [0.05, 0.1) is 18.2 Å². The normalized spacial score (nSPS) is 10.4. The average Bonchev–Trinajstić information content (AvgIpc) is 3.09. The Kier molecular flexibility index (Phi) is 4.90. The number of nitrogens with one attached hydrogen (secondary N) is 1. The number of carboxylic acids is 1. The van der Waals surface area contributed by atoms with Crippen LogP contribution < -0.4 is 10.1 Å². The molecule has 2 N–H and O–H groups in total. The molecule has 0 radical (unpaired) electrons. The van der Waals surface area contributed by atoms with Gasteiger partial charge in [0.2, 0.25) is 5.13 Å². The molecule has 0 aliphatic rings. The smallest absolute Gasteiger partial charge is 0.335 e. The van der Waals surface area contributed by atoms with E-state index in [1.807, 2.05) is 0 Å². The molecule has 0 aliphatic heterocycles. The molecule has 3 rings (SSSR count). The molecule has 0 saturated carbocycles. The van der Waals surface area contributed by atoms with E-state index in [0.717, 1.165) is 11.3 Å². The van der Waals surface area contributed by atoms with E-state index in [4.69, 9.17) is 4.74 Å². The minimum absolute atomic E-state index is 0.136. The number of ether oxygens (including phenoxy) is 1. The molecule has 8 nitrogen and oxygen atoms in total. The lowest BCUT2D eigenvalue weighted by atomic mass is 9.98. The van der Waals surface area contributed by atoms with Crippen LogP contribution in [-0.4, -0.2) is 39.3 Å². The second-order valence-electron chi connectivity index (χ2n) is 5.29. The number of hydrogen-bond donors (Lipinski definition) is 2. The van der Waals surface area contributed by atoms with Crippen LogP contribution in [0.3, 0.4) is 0 Å². The van der Waals surface area contributed by atoms with Crippen LogP contribution in [0.5, 0.6) is 5.19 Å². The summed E-state index contributed by atoms with van der Waals surface area (Å²) in [5.74, 6) is -1.46. The predicted octanol–water partition coefficient (Wildman–Crippen LogP) is 2.87. The molecule has 2 heterocycles. The lowest BCUT2D eigenvalue weighted by molar-refractivity contribution is 0.0696. The Morgan fingerprint density at radius 1 is 1.23 bits per heavy atom. The fourth-order valence-corrected chi connectivity index (χ4v) is 2.86. The van der Waals surface area contributed by atoms with Crippen molar-refractivity contribution in [3.05, 3.63) is 53.3 Å². The first-order valence-electron chi connectivity index (χ1n) is 7.47. The third kappa shape index (κ3) is 3.67. The fraction of sp³-hybridized carbons (Fsp3) is 0.118. The minimum atomic E-state index is -1.04. The number of aromatic carboxylic acids is 1. The van der Waals surface area contributed by atoms with Crippen molar-refractivity contribution in [2.45, 2.75) is 6.92 Å². The van der Waals surface area contributed by atoms with Crippen LogP contribution in [0.4, 0.5) is 5.13 Å². The molecule has 9 heteroatoms. The van der Waals surface area contributed by atoms with Crippen LogP contribution >= 0.6 is 11.3 Å². The number of aromatic nitrogens is 3. The van der Waals surface area contributed by atoms with Crippen LogP contribution in [0.15, 0.2) is 36.5 Å². The van der Waals surface area contributed by atoms with Gasteiger partial charge < -0.3 is 9.84 Å². The molecule has 132 valence electrons. The molecular formula is C17H14N4O4S. The Labute approximate surface area is 152 Å². The van der Waals surface area contributed by atoms with Crippen molar-refractivity contribution in [2.24, 2.45) is 0 Å². The first kappa shape index (κ1) is 17.5. The molecule has 0 fully saturated rings. The monoisotopic (exact) mass is 370 g/mol. The molecule has 0 spiro atoms. The van der Waals surface area contributed by atoms with Crippen molar-refractivity contribution in [1.29, 1.82) is 0 Å². The van der Waals surface area contributed by atoms with Gasteiger partial charge in [0.15, 0.2) is 0 Å². The maximum Gasteiger partial charge on any atom is 0.335 e. The van der Waals surface area contributed by atoms with E-state index in [-0.39, 0.29) is 10.7 Å². The van der Waals surface area contributed by atoms with Gasteiger partial charge in [-0.25, -0.2) is 4.79 Å². The van der Waals surface area contributed by atoms with E-state index in [1.165, 1.54) is 25.4 Å². The summed E-state index contributed by atoms with van der Waals surface area (Å²) in [5.41, 5.74) is 2.32.